The molecule has 0 aromatic carbocycles. The van der Waals surface area contributed by atoms with E-state index in [9.17, 15) is 4.79 Å². The molecule has 0 aromatic rings. The van der Waals surface area contributed by atoms with Crippen molar-refractivity contribution in [3.63, 3.8) is 0 Å². The second kappa shape index (κ2) is 6.48. The Morgan fingerprint density at radius 3 is 2.45 bits per heavy atom. The largest absolute Gasteiger partial charge is 0.457 e. The van der Waals surface area contributed by atoms with Crippen LogP contribution in [-0.4, -0.2) is 38.0 Å². The second-order valence-electron chi connectivity index (χ2n) is 7.81. The van der Waals surface area contributed by atoms with Crippen molar-refractivity contribution < 1.29 is 19.0 Å². The summed E-state index contributed by atoms with van der Waals surface area (Å²) in [4.78, 5) is 12.1. The van der Waals surface area contributed by atoms with Crippen LogP contribution < -0.4 is 0 Å². The van der Waals surface area contributed by atoms with E-state index in [2.05, 4.69) is 6.92 Å². The fourth-order valence-corrected chi connectivity index (χ4v) is 5.54. The van der Waals surface area contributed by atoms with Crippen molar-refractivity contribution >= 4 is 5.97 Å². The minimum Gasteiger partial charge on any atom is -0.457 e. The monoisotopic (exact) mass is 310 g/mol. The van der Waals surface area contributed by atoms with Gasteiger partial charge in [-0.15, -0.1) is 0 Å². The van der Waals surface area contributed by atoms with Gasteiger partial charge in [-0.2, -0.15) is 0 Å². The predicted octanol–water partition coefficient (Wildman–Crippen LogP) is 3.33. The number of carbonyl (C=O) groups is 1. The topological polar surface area (TPSA) is 44.8 Å². The third kappa shape index (κ3) is 3.33. The standard InChI is InChI=1S/C18H30O4/c1-3-5-21-13-17-7-14-6-15(8-17)10-18(9-14,12-17)22-16(19)11-20-4-2/h14-15H,3-13H2,1-2H3. The van der Waals surface area contributed by atoms with E-state index in [1.165, 1.54) is 19.3 Å². The van der Waals surface area contributed by atoms with Crippen LogP contribution in [0.4, 0.5) is 0 Å². The molecule has 4 heteroatoms. The molecule has 4 bridgehead atoms. The molecule has 4 nitrogen and oxygen atoms in total. The zero-order valence-corrected chi connectivity index (χ0v) is 14.1. The molecular formula is C18H30O4. The lowest BCUT2D eigenvalue weighted by molar-refractivity contribution is -0.212. The lowest BCUT2D eigenvalue weighted by Crippen LogP contribution is -2.58. The third-order valence-electron chi connectivity index (χ3n) is 5.64. The molecule has 0 saturated heterocycles. The third-order valence-corrected chi connectivity index (χ3v) is 5.64. The minimum atomic E-state index is -0.228. The van der Waals surface area contributed by atoms with Gasteiger partial charge in [0.15, 0.2) is 0 Å². The summed E-state index contributed by atoms with van der Waals surface area (Å²) < 4.78 is 17.1. The van der Waals surface area contributed by atoms with Crippen LogP contribution in [0, 0.1) is 17.3 Å². The van der Waals surface area contributed by atoms with Crippen LogP contribution in [0.15, 0.2) is 0 Å². The lowest BCUT2D eigenvalue weighted by Gasteiger charge is -2.61. The zero-order chi connectivity index (χ0) is 15.6. The molecule has 4 aliphatic carbocycles. The van der Waals surface area contributed by atoms with Crippen LogP contribution in [0.5, 0.6) is 0 Å². The van der Waals surface area contributed by atoms with Crippen molar-refractivity contribution in [2.75, 3.05) is 26.4 Å². The van der Waals surface area contributed by atoms with E-state index >= 15 is 0 Å². The van der Waals surface area contributed by atoms with Crippen molar-refractivity contribution in [3.05, 3.63) is 0 Å². The van der Waals surface area contributed by atoms with Crippen molar-refractivity contribution in [2.24, 2.45) is 17.3 Å². The summed E-state index contributed by atoms with van der Waals surface area (Å²) in [7, 11) is 0. The van der Waals surface area contributed by atoms with Gasteiger partial charge in [-0.05, 0) is 69.1 Å². The van der Waals surface area contributed by atoms with E-state index in [-0.39, 0.29) is 23.6 Å². The van der Waals surface area contributed by atoms with Crippen LogP contribution >= 0.6 is 0 Å². The molecule has 0 heterocycles. The Bertz CT molecular complexity index is 392. The molecule has 22 heavy (non-hydrogen) atoms. The molecular weight excluding hydrogens is 280 g/mol. The summed E-state index contributed by atoms with van der Waals surface area (Å²) in [6.45, 7) is 6.39. The Balaban J connectivity index is 1.66. The number of ether oxygens (including phenoxy) is 3. The first-order valence-electron chi connectivity index (χ1n) is 8.96. The highest BCUT2D eigenvalue weighted by molar-refractivity contribution is 5.71. The highest BCUT2D eigenvalue weighted by atomic mass is 16.6. The Kier molecular flexibility index (Phi) is 4.79. The summed E-state index contributed by atoms with van der Waals surface area (Å²) >= 11 is 0. The molecule has 126 valence electrons. The molecule has 2 unspecified atom stereocenters. The van der Waals surface area contributed by atoms with Crippen molar-refractivity contribution in [1.82, 2.24) is 0 Å². The van der Waals surface area contributed by atoms with Crippen LogP contribution in [0.1, 0.15) is 58.8 Å². The van der Waals surface area contributed by atoms with E-state index in [1.807, 2.05) is 6.92 Å². The Hall–Kier alpha value is -0.610. The predicted molar refractivity (Wildman–Crippen MR) is 83.5 cm³/mol. The minimum absolute atomic E-state index is 0.0902. The average Bonchev–Trinajstić information content (AvgIpc) is 2.43. The molecule has 4 rings (SSSR count). The summed E-state index contributed by atoms with van der Waals surface area (Å²) in [5.74, 6) is 1.24. The zero-order valence-electron chi connectivity index (χ0n) is 14.1. The highest BCUT2D eigenvalue weighted by Crippen LogP contribution is 2.62. The molecule has 4 saturated carbocycles. The fourth-order valence-electron chi connectivity index (χ4n) is 5.54. The van der Waals surface area contributed by atoms with Crippen molar-refractivity contribution in [3.8, 4) is 0 Å². The number of carbonyl (C=O) groups excluding carboxylic acids is 1. The van der Waals surface area contributed by atoms with Gasteiger partial charge in [0.1, 0.15) is 12.2 Å². The molecule has 0 radical (unpaired) electrons. The van der Waals surface area contributed by atoms with E-state index in [4.69, 9.17) is 14.2 Å². The Morgan fingerprint density at radius 1 is 1.09 bits per heavy atom. The molecule has 0 aliphatic heterocycles. The average molecular weight is 310 g/mol. The Labute approximate surface area is 133 Å². The van der Waals surface area contributed by atoms with Crippen LogP contribution in [-0.2, 0) is 19.0 Å². The smallest absolute Gasteiger partial charge is 0.332 e. The van der Waals surface area contributed by atoms with Crippen LogP contribution in [0.2, 0.25) is 0 Å². The van der Waals surface area contributed by atoms with E-state index in [0.29, 0.717) is 18.4 Å². The van der Waals surface area contributed by atoms with E-state index in [1.54, 1.807) is 0 Å². The van der Waals surface area contributed by atoms with Gasteiger partial charge in [-0.25, -0.2) is 4.79 Å². The van der Waals surface area contributed by atoms with Gasteiger partial charge < -0.3 is 14.2 Å². The first-order chi connectivity index (χ1) is 10.6. The van der Waals surface area contributed by atoms with E-state index < -0.39 is 0 Å². The van der Waals surface area contributed by atoms with Gasteiger partial charge in [-0.3, -0.25) is 0 Å². The maximum atomic E-state index is 12.1. The number of esters is 1. The van der Waals surface area contributed by atoms with E-state index in [0.717, 1.165) is 38.9 Å². The Morgan fingerprint density at radius 2 is 1.82 bits per heavy atom. The second-order valence-corrected chi connectivity index (χ2v) is 7.81. The normalized spacial score (nSPS) is 39.2. The number of hydrogen-bond acceptors (Lipinski definition) is 4. The maximum absolute atomic E-state index is 12.1. The van der Waals surface area contributed by atoms with Gasteiger partial charge in [0, 0.05) is 13.2 Å². The summed E-state index contributed by atoms with van der Waals surface area (Å²) in [6.07, 6.45) is 8.01. The molecule has 0 amide bonds. The summed E-state index contributed by atoms with van der Waals surface area (Å²) in [6, 6.07) is 0. The van der Waals surface area contributed by atoms with Gasteiger partial charge in [-0.1, -0.05) is 6.92 Å². The SMILES string of the molecule is CCCOCC12CC3CC(C1)CC(OC(=O)COCC)(C3)C2. The van der Waals surface area contributed by atoms with Crippen LogP contribution in [0.25, 0.3) is 0 Å². The van der Waals surface area contributed by atoms with Gasteiger partial charge >= 0.3 is 5.97 Å². The summed E-state index contributed by atoms with van der Waals surface area (Å²) in [5, 5.41) is 0. The van der Waals surface area contributed by atoms with Crippen molar-refractivity contribution in [2.45, 2.75) is 64.4 Å². The number of hydrogen-bond donors (Lipinski definition) is 0. The maximum Gasteiger partial charge on any atom is 0.332 e. The quantitative estimate of drug-likeness (QED) is 0.509. The first-order valence-corrected chi connectivity index (χ1v) is 8.96. The van der Waals surface area contributed by atoms with Crippen LogP contribution in [0.3, 0.4) is 0 Å². The lowest BCUT2D eigenvalue weighted by atomic mass is 9.48. The van der Waals surface area contributed by atoms with Gasteiger partial charge in [0.25, 0.3) is 0 Å². The van der Waals surface area contributed by atoms with Crippen molar-refractivity contribution in [1.29, 1.82) is 0 Å². The van der Waals surface area contributed by atoms with Gasteiger partial charge in [0.2, 0.25) is 0 Å². The first kappa shape index (κ1) is 16.3. The molecule has 0 N–H and O–H groups in total. The highest BCUT2D eigenvalue weighted by Gasteiger charge is 2.59. The molecule has 4 fully saturated rings. The number of rotatable bonds is 8. The summed E-state index contributed by atoms with van der Waals surface area (Å²) in [5.41, 5.74) is 0.0268. The molecule has 4 aliphatic rings. The van der Waals surface area contributed by atoms with Gasteiger partial charge in [0.05, 0.1) is 6.61 Å². The fraction of sp³-hybridized carbons (Fsp3) is 0.944. The molecule has 0 aromatic heterocycles. The molecule has 0 spiro atoms. The molecule has 2 atom stereocenters.